The summed E-state index contributed by atoms with van der Waals surface area (Å²) in [5.41, 5.74) is 2.25. The van der Waals surface area contributed by atoms with Crippen LogP contribution in [0.25, 0.3) is 0 Å². The Morgan fingerprint density at radius 3 is 2.71 bits per heavy atom. The molecule has 3 nitrogen and oxygen atoms in total. The Balaban J connectivity index is 1.71. The lowest BCUT2D eigenvalue weighted by atomic mass is 10.1. The van der Waals surface area contributed by atoms with Gasteiger partial charge in [-0.25, -0.2) is 0 Å². The molecule has 2 aromatic carbocycles. The van der Waals surface area contributed by atoms with E-state index in [1.54, 1.807) is 0 Å². The molecule has 5 heteroatoms. The second-order valence-electron chi connectivity index (χ2n) is 5.81. The molecule has 2 N–H and O–H groups in total. The largest absolute Gasteiger partial charge is 0.491 e. The third-order valence-corrected chi connectivity index (χ3v) is 4.02. The van der Waals surface area contributed by atoms with Gasteiger partial charge in [-0.1, -0.05) is 34.1 Å². The van der Waals surface area contributed by atoms with Gasteiger partial charge in [0.1, 0.15) is 5.75 Å². The van der Waals surface area contributed by atoms with Gasteiger partial charge >= 0.3 is 0 Å². The second kappa shape index (κ2) is 9.64. The van der Waals surface area contributed by atoms with Crippen molar-refractivity contribution in [3.8, 4) is 5.75 Å². The number of rotatable bonds is 7. The van der Waals surface area contributed by atoms with Crippen LogP contribution in [0.3, 0.4) is 0 Å². The van der Waals surface area contributed by atoms with Crippen molar-refractivity contribution < 1.29 is 4.74 Å². The topological polar surface area (TPSA) is 33.3 Å². The lowest BCUT2D eigenvalue weighted by Gasteiger charge is -2.12. The van der Waals surface area contributed by atoms with Crippen LogP contribution in [-0.2, 0) is 6.42 Å². The van der Waals surface area contributed by atoms with Crippen LogP contribution in [0.2, 0.25) is 0 Å². The predicted molar refractivity (Wildman–Crippen MR) is 109 cm³/mol. The first-order valence-electron chi connectivity index (χ1n) is 8.09. The Labute approximate surface area is 157 Å². The molecular weight excluding hydrogens is 384 g/mol. The normalized spacial score (nSPS) is 10.5. The summed E-state index contributed by atoms with van der Waals surface area (Å²) in [5.74, 6) is 0.933. The van der Waals surface area contributed by atoms with Crippen LogP contribution >= 0.6 is 28.1 Å². The number of anilines is 1. The first-order chi connectivity index (χ1) is 11.5. The maximum Gasteiger partial charge on any atom is 0.170 e. The first-order valence-corrected chi connectivity index (χ1v) is 9.29. The maximum atomic E-state index is 5.73. The minimum absolute atomic E-state index is 0.198. The Bertz CT molecular complexity index is 676. The van der Waals surface area contributed by atoms with E-state index in [4.69, 9.17) is 17.0 Å². The quantitative estimate of drug-likeness (QED) is 0.491. The number of hydrogen-bond donors (Lipinski definition) is 2. The minimum Gasteiger partial charge on any atom is -0.491 e. The van der Waals surface area contributed by atoms with Crippen molar-refractivity contribution in [2.75, 3.05) is 11.9 Å². The summed E-state index contributed by atoms with van der Waals surface area (Å²) in [6.07, 6.45) is 2.19. The molecule has 24 heavy (non-hydrogen) atoms. The molecule has 0 heterocycles. The molecule has 128 valence electrons. The SMILES string of the molecule is CC(C)Oc1cccc(CCCNC(=S)Nc2cccc(Br)c2)c1. The average molecular weight is 407 g/mol. The number of thiocarbonyl (C=S) groups is 1. The van der Waals surface area contributed by atoms with Gasteiger partial charge in [-0.05, 0) is 74.8 Å². The Hall–Kier alpha value is -1.59. The lowest BCUT2D eigenvalue weighted by Crippen LogP contribution is -2.29. The third-order valence-electron chi connectivity index (χ3n) is 3.28. The van der Waals surface area contributed by atoms with Crippen LogP contribution in [-0.4, -0.2) is 17.8 Å². The molecule has 0 atom stereocenters. The van der Waals surface area contributed by atoms with Crippen molar-refractivity contribution in [2.24, 2.45) is 0 Å². The van der Waals surface area contributed by atoms with E-state index in [0.717, 1.165) is 35.3 Å². The Kier molecular flexibility index (Phi) is 7.53. The van der Waals surface area contributed by atoms with Crippen LogP contribution in [0.4, 0.5) is 5.69 Å². The Morgan fingerprint density at radius 2 is 1.96 bits per heavy atom. The highest BCUT2D eigenvalue weighted by Gasteiger charge is 2.01. The summed E-state index contributed by atoms with van der Waals surface area (Å²) < 4.78 is 6.75. The van der Waals surface area contributed by atoms with E-state index >= 15 is 0 Å². The summed E-state index contributed by atoms with van der Waals surface area (Å²) in [7, 11) is 0. The molecule has 0 radical (unpaired) electrons. The smallest absolute Gasteiger partial charge is 0.170 e. The molecule has 0 saturated heterocycles. The van der Waals surface area contributed by atoms with Gasteiger partial charge in [-0.3, -0.25) is 0 Å². The van der Waals surface area contributed by atoms with Crippen molar-refractivity contribution in [3.63, 3.8) is 0 Å². The van der Waals surface area contributed by atoms with E-state index in [0.29, 0.717) is 5.11 Å². The van der Waals surface area contributed by atoms with Gasteiger partial charge in [0, 0.05) is 16.7 Å². The molecule has 0 aliphatic rings. The van der Waals surface area contributed by atoms with Gasteiger partial charge in [0.25, 0.3) is 0 Å². The van der Waals surface area contributed by atoms with Crippen molar-refractivity contribution in [2.45, 2.75) is 32.8 Å². The summed E-state index contributed by atoms with van der Waals surface area (Å²) >= 11 is 8.77. The number of hydrogen-bond acceptors (Lipinski definition) is 2. The monoisotopic (exact) mass is 406 g/mol. The van der Waals surface area contributed by atoms with Crippen LogP contribution in [0.1, 0.15) is 25.8 Å². The van der Waals surface area contributed by atoms with E-state index in [2.05, 4.69) is 38.7 Å². The fraction of sp³-hybridized carbons (Fsp3) is 0.316. The van der Waals surface area contributed by atoms with Gasteiger partial charge in [0.05, 0.1) is 6.10 Å². The van der Waals surface area contributed by atoms with Crippen LogP contribution < -0.4 is 15.4 Å². The van der Waals surface area contributed by atoms with E-state index < -0.39 is 0 Å². The highest BCUT2D eigenvalue weighted by Crippen LogP contribution is 2.16. The predicted octanol–water partition coefficient (Wildman–Crippen LogP) is 5.16. The summed E-state index contributed by atoms with van der Waals surface area (Å²) in [5, 5.41) is 7.07. The highest BCUT2D eigenvalue weighted by atomic mass is 79.9. The number of ether oxygens (including phenoxy) is 1. The highest BCUT2D eigenvalue weighted by molar-refractivity contribution is 9.10. The van der Waals surface area contributed by atoms with Crippen molar-refractivity contribution >= 4 is 38.9 Å². The molecule has 0 saturated carbocycles. The van der Waals surface area contributed by atoms with Crippen LogP contribution in [0.5, 0.6) is 5.75 Å². The zero-order valence-corrected chi connectivity index (χ0v) is 16.4. The fourth-order valence-electron chi connectivity index (χ4n) is 2.28. The standard InChI is InChI=1S/C19H23BrN2OS/c1-14(2)23-18-10-3-6-15(12-18)7-5-11-21-19(24)22-17-9-4-8-16(20)13-17/h3-4,6,8-10,12-14H,5,7,11H2,1-2H3,(H2,21,22,24). The minimum atomic E-state index is 0.198. The molecule has 2 aromatic rings. The zero-order valence-electron chi connectivity index (χ0n) is 14.0. The fourth-order valence-corrected chi connectivity index (χ4v) is 2.90. The molecule has 0 amide bonds. The lowest BCUT2D eigenvalue weighted by molar-refractivity contribution is 0.242. The van der Waals surface area contributed by atoms with Crippen LogP contribution in [0.15, 0.2) is 53.0 Å². The average Bonchev–Trinajstić information content (AvgIpc) is 2.51. The molecule has 0 aromatic heterocycles. The van der Waals surface area contributed by atoms with E-state index in [9.17, 15) is 0 Å². The molecule has 0 spiro atoms. The Morgan fingerprint density at radius 1 is 1.17 bits per heavy atom. The van der Waals surface area contributed by atoms with Crippen molar-refractivity contribution in [3.05, 3.63) is 58.6 Å². The number of aryl methyl sites for hydroxylation is 1. The summed E-state index contributed by atoms with van der Waals surface area (Å²) in [4.78, 5) is 0. The molecule has 0 unspecified atom stereocenters. The molecule has 0 fully saturated rings. The maximum absolute atomic E-state index is 5.73. The van der Waals surface area contributed by atoms with Gasteiger partial charge in [-0.15, -0.1) is 0 Å². The molecule has 0 bridgehead atoms. The second-order valence-corrected chi connectivity index (χ2v) is 7.13. The van der Waals surface area contributed by atoms with Gasteiger partial charge < -0.3 is 15.4 Å². The third kappa shape index (κ3) is 6.89. The molecular formula is C19H23BrN2OS. The van der Waals surface area contributed by atoms with Crippen LogP contribution in [0, 0.1) is 0 Å². The molecule has 0 aliphatic heterocycles. The summed E-state index contributed by atoms with van der Waals surface area (Å²) in [6, 6.07) is 16.2. The first kappa shape index (κ1) is 18.7. The number of benzene rings is 2. The van der Waals surface area contributed by atoms with Gasteiger partial charge in [0.15, 0.2) is 5.11 Å². The number of nitrogens with one attached hydrogen (secondary N) is 2. The van der Waals surface area contributed by atoms with Crippen molar-refractivity contribution in [1.29, 1.82) is 0 Å². The molecule has 2 rings (SSSR count). The molecule has 0 aliphatic carbocycles. The van der Waals surface area contributed by atoms with E-state index in [-0.39, 0.29) is 6.10 Å². The van der Waals surface area contributed by atoms with Gasteiger partial charge in [-0.2, -0.15) is 0 Å². The van der Waals surface area contributed by atoms with Crippen molar-refractivity contribution in [1.82, 2.24) is 5.32 Å². The van der Waals surface area contributed by atoms with E-state index in [1.165, 1.54) is 5.56 Å². The zero-order chi connectivity index (χ0) is 17.4. The number of halogens is 1. The van der Waals surface area contributed by atoms with E-state index in [1.807, 2.05) is 50.2 Å². The van der Waals surface area contributed by atoms with Gasteiger partial charge in [0.2, 0.25) is 0 Å². The summed E-state index contributed by atoms with van der Waals surface area (Å²) in [6.45, 7) is 4.90.